The van der Waals surface area contributed by atoms with Gasteiger partial charge in [-0.25, -0.2) is 0 Å². The molecule has 39 heavy (non-hydrogen) atoms. The second-order valence-electron chi connectivity index (χ2n) is 9.73. The van der Waals surface area contributed by atoms with Gasteiger partial charge < -0.3 is 20.1 Å². The fourth-order valence-corrected chi connectivity index (χ4v) is 4.88. The molecule has 2 N–H and O–H groups in total. The number of fused-ring (bicyclic) bond motifs is 1. The standard InChI is InChI=1S/C31H31N5O3/c1-2-22-8-6-9-24(16-22)34-31-23(19-32)20-33-27-18-29(39-25-11-15-38-21-25)28(17-26(27)31)35-30(37)10-7-14-36-12-4-3-5-13-36/h1,6-10,16-18,20,25H,3-5,11-15,21H2,(H,33,34)(H,35,37)/t25-/m0/s1. The highest BCUT2D eigenvalue weighted by Gasteiger charge is 2.21. The summed E-state index contributed by atoms with van der Waals surface area (Å²) in [6, 6.07) is 13.2. The number of terminal acetylenes is 1. The molecule has 198 valence electrons. The highest BCUT2D eigenvalue weighted by Crippen LogP contribution is 2.37. The van der Waals surface area contributed by atoms with Gasteiger partial charge in [0.2, 0.25) is 5.91 Å². The number of benzene rings is 2. The molecule has 0 saturated carbocycles. The molecule has 5 rings (SSSR count). The van der Waals surface area contributed by atoms with Gasteiger partial charge in [0, 0.05) is 47.9 Å². The topological polar surface area (TPSA) is 99.5 Å². The maximum atomic E-state index is 13.0. The number of likely N-dealkylation sites (tertiary alicyclic amines) is 1. The summed E-state index contributed by atoms with van der Waals surface area (Å²) < 4.78 is 11.7. The van der Waals surface area contributed by atoms with E-state index in [-0.39, 0.29) is 12.0 Å². The third-order valence-corrected chi connectivity index (χ3v) is 6.91. The monoisotopic (exact) mass is 521 g/mol. The molecule has 3 aromatic rings. The normalized spacial score (nSPS) is 17.5. The van der Waals surface area contributed by atoms with Crippen LogP contribution in [0.2, 0.25) is 0 Å². The first-order chi connectivity index (χ1) is 19.1. The maximum absolute atomic E-state index is 13.0. The quantitative estimate of drug-likeness (QED) is 0.319. The lowest BCUT2D eigenvalue weighted by molar-refractivity contribution is -0.111. The van der Waals surface area contributed by atoms with Crippen LogP contribution in [0.5, 0.6) is 5.75 Å². The smallest absolute Gasteiger partial charge is 0.248 e. The second kappa shape index (κ2) is 12.4. The van der Waals surface area contributed by atoms with Crippen molar-refractivity contribution in [2.75, 3.05) is 43.5 Å². The van der Waals surface area contributed by atoms with Crippen molar-refractivity contribution < 1.29 is 14.3 Å². The van der Waals surface area contributed by atoms with Crippen molar-refractivity contribution in [1.29, 1.82) is 5.26 Å². The molecule has 0 bridgehead atoms. The molecule has 0 aliphatic carbocycles. The number of hydrogen-bond donors (Lipinski definition) is 2. The van der Waals surface area contributed by atoms with E-state index < -0.39 is 0 Å². The summed E-state index contributed by atoms with van der Waals surface area (Å²) in [7, 11) is 0. The molecule has 0 spiro atoms. The summed E-state index contributed by atoms with van der Waals surface area (Å²) in [6.45, 7) is 3.99. The molecule has 0 unspecified atom stereocenters. The Labute approximate surface area is 228 Å². The van der Waals surface area contributed by atoms with Crippen LogP contribution in [0.4, 0.5) is 17.1 Å². The van der Waals surface area contributed by atoms with Crippen molar-refractivity contribution in [3.8, 4) is 24.2 Å². The van der Waals surface area contributed by atoms with Gasteiger partial charge in [0.15, 0.2) is 0 Å². The third-order valence-electron chi connectivity index (χ3n) is 6.91. The Morgan fingerprint density at radius 3 is 2.90 bits per heavy atom. The van der Waals surface area contributed by atoms with E-state index >= 15 is 0 Å². The Bertz CT molecular complexity index is 1460. The molecule has 8 heteroatoms. The zero-order chi connectivity index (χ0) is 27.0. The molecule has 8 nitrogen and oxygen atoms in total. The molecule has 3 heterocycles. The summed E-state index contributed by atoms with van der Waals surface area (Å²) in [5, 5.41) is 16.8. The van der Waals surface area contributed by atoms with Crippen molar-refractivity contribution in [1.82, 2.24) is 9.88 Å². The van der Waals surface area contributed by atoms with Crippen LogP contribution in [0.25, 0.3) is 10.9 Å². The van der Waals surface area contributed by atoms with E-state index in [9.17, 15) is 10.1 Å². The predicted molar refractivity (Wildman–Crippen MR) is 152 cm³/mol. The van der Waals surface area contributed by atoms with Gasteiger partial charge in [0.25, 0.3) is 0 Å². The van der Waals surface area contributed by atoms with Gasteiger partial charge >= 0.3 is 0 Å². The Hall–Kier alpha value is -4.37. The summed E-state index contributed by atoms with van der Waals surface area (Å²) >= 11 is 0. The van der Waals surface area contributed by atoms with E-state index in [0.29, 0.717) is 46.8 Å². The minimum atomic E-state index is -0.250. The molecule has 2 aliphatic heterocycles. The molecular weight excluding hydrogens is 490 g/mol. The highest BCUT2D eigenvalue weighted by atomic mass is 16.5. The molecule has 0 radical (unpaired) electrons. The number of nitriles is 1. The summed E-state index contributed by atoms with van der Waals surface area (Å²) in [5.74, 6) is 2.89. The van der Waals surface area contributed by atoms with Crippen molar-refractivity contribution in [2.24, 2.45) is 0 Å². The number of carbonyl (C=O) groups excluding carboxylic acids is 1. The highest BCUT2D eigenvalue weighted by molar-refractivity contribution is 6.04. The lowest BCUT2D eigenvalue weighted by Gasteiger charge is -2.24. The fraction of sp³-hybridized carbons (Fsp3) is 0.323. The van der Waals surface area contributed by atoms with E-state index in [2.05, 4.69) is 32.5 Å². The van der Waals surface area contributed by atoms with Gasteiger partial charge in [0.05, 0.1) is 35.7 Å². The van der Waals surface area contributed by atoms with E-state index in [0.717, 1.165) is 37.3 Å². The molecule has 1 amide bonds. The first-order valence-electron chi connectivity index (χ1n) is 13.3. The van der Waals surface area contributed by atoms with Crippen LogP contribution in [-0.4, -0.2) is 54.7 Å². The maximum Gasteiger partial charge on any atom is 0.248 e. The van der Waals surface area contributed by atoms with Gasteiger partial charge in [-0.05, 0) is 50.2 Å². The molecule has 2 aliphatic rings. The number of nitrogens with zero attached hydrogens (tertiary/aromatic N) is 3. The zero-order valence-electron chi connectivity index (χ0n) is 21.8. The average molecular weight is 522 g/mol. The zero-order valence-corrected chi connectivity index (χ0v) is 21.8. The minimum Gasteiger partial charge on any atom is -0.486 e. The van der Waals surface area contributed by atoms with E-state index in [1.807, 2.05) is 30.3 Å². The number of anilines is 3. The van der Waals surface area contributed by atoms with Gasteiger partial charge in [-0.2, -0.15) is 5.26 Å². The Morgan fingerprint density at radius 1 is 1.26 bits per heavy atom. The van der Waals surface area contributed by atoms with Gasteiger partial charge in [0.1, 0.15) is 17.9 Å². The lowest BCUT2D eigenvalue weighted by Crippen LogP contribution is -2.29. The molecule has 2 fully saturated rings. The van der Waals surface area contributed by atoms with Crippen molar-refractivity contribution in [3.05, 3.63) is 65.9 Å². The number of rotatable bonds is 8. The van der Waals surface area contributed by atoms with Gasteiger partial charge in [-0.3, -0.25) is 14.7 Å². The number of aromatic nitrogens is 1. The van der Waals surface area contributed by atoms with Crippen LogP contribution in [0.15, 0.2) is 54.7 Å². The first-order valence-corrected chi connectivity index (χ1v) is 13.3. The number of ether oxygens (including phenoxy) is 2. The van der Waals surface area contributed by atoms with Crippen LogP contribution in [-0.2, 0) is 9.53 Å². The summed E-state index contributed by atoms with van der Waals surface area (Å²) in [6.07, 6.45) is 14.9. The van der Waals surface area contributed by atoms with E-state index in [4.69, 9.17) is 15.9 Å². The second-order valence-corrected chi connectivity index (χ2v) is 9.73. The van der Waals surface area contributed by atoms with Crippen LogP contribution in [0, 0.1) is 23.7 Å². The summed E-state index contributed by atoms with van der Waals surface area (Å²) in [5.41, 5.74) is 3.52. The van der Waals surface area contributed by atoms with E-state index in [1.54, 1.807) is 18.2 Å². The molecule has 1 aromatic heterocycles. The third kappa shape index (κ3) is 6.56. The Balaban J connectivity index is 1.47. The number of carbonyl (C=O) groups is 1. The number of amides is 1. The Kier molecular flexibility index (Phi) is 8.38. The number of piperidine rings is 1. The number of nitrogens with one attached hydrogen (secondary N) is 2. The number of pyridine rings is 1. The first kappa shape index (κ1) is 26.2. The molecule has 2 saturated heterocycles. The van der Waals surface area contributed by atoms with Gasteiger partial charge in [-0.15, -0.1) is 6.42 Å². The van der Waals surface area contributed by atoms with Crippen molar-refractivity contribution in [2.45, 2.75) is 31.8 Å². The van der Waals surface area contributed by atoms with E-state index in [1.165, 1.54) is 25.5 Å². The Morgan fingerprint density at radius 2 is 2.13 bits per heavy atom. The van der Waals surface area contributed by atoms with Crippen LogP contribution in [0.3, 0.4) is 0 Å². The predicted octanol–water partition coefficient (Wildman–Crippen LogP) is 4.98. The van der Waals surface area contributed by atoms with Crippen LogP contribution in [0.1, 0.15) is 36.8 Å². The number of hydrogen-bond acceptors (Lipinski definition) is 7. The van der Waals surface area contributed by atoms with Gasteiger partial charge in [-0.1, -0.05) is 24.5 Å². The van der Waals surface area contributed by atoms with Crippen molar-refractivity contribution >= 4 is 33.9 Å². The lowest BCUT2D eigenvalue weighted by atomic mass is 10.1. The fourth-order valence-electron chi connectivity index (χ4n) is 4.88. The van der Waals surface area contributed by atoms with Crippen LogP contribution < -0.4 is 15.4 Å². The molecular formula is C31H31N5O3. The molecule has 2 aromatic carbocycles. The SMILES string of the molecule is C#Cc1cccc(Nc2c(C#N)cnc3cc(O[C@H]4CCOC4)c(NC(=O)C=CCN4CCCCC4)cc23)c1. The minimum absolute atomic E-state index is 0.116. The van der Waals surface area contributed by atoms with Crippen molar-refractivity contribution in [3.63, 3.8) is 0 Å². The largest absolute Gasteiger partial charge is 0.486 e. The summed E-state index contributed by atoms with van der Waals surface area (Å²) in [4.78, 5) is 19.8. The van der Waals surface area contributed by atoms with Crippen LogP contribution >= 0.6 is 0 Å². The molecule has 1 atom stereocenters. The average Bonchev–Trinajstić information content (AvgIpc) is 3.47.